The second-order valence-electron chi connectivity index (χ2n) is 6.89. The van der Waals surface area contributed by atoms with Crippen molar-refractivity contribution in [3.63, 3.8) is 0 Å². The fraction of sp³-hybridized carbons (Fsp3) is 0.190. The average Bonchev–Trinajstić information content (AvgIpc) is 3.33. The lowest BCUT2D eigenvalue weighted by atomic mass is 10.3. The third-order valence-electron chi connectivity index (χ3n) is 4.90. The van der Waals surface area contributed by atoms with Gasteiger partial charge in [-0.2, -0.15) is 4.68 Å². The number of carbonyl (C=O) groups excluding carboxylic acids is 1. The summed E-state index contributed by atoms with van der Waals surface area (Å²) in [5.41, 5.74) is 2.15. The summed E-state index contributed by atoms with van der Waals surface area (Å²) in [5, 5.41) is 14.5. The Morgan fingerprint density at radius 3 is 2.29 bits per heavy atom. The van der Waals surface area contributed by atoms with Crippen molar-refractivity contribution in [1.29, 1.82) is 0 Å². The number of aromatic nitrogens is 6. The first kappa shape index (κ1) is 20.6. The summed E-state index contributed by atoms with van der Waals surface area (Å²) in [4.78, 5) is 25.9. The van der Waals surface area contributed by atoms with Crippen LogP contribution in [-0.4, -0.2) is 40.7 Å². The fourth-order valence-corrected chi connectivity index (χ4v) is 3.94. The van der Waals surface area contributed by atoms with E-state index < -0.39 is 5.25 Å². The molecular formula is C21H21N7O2S. The van der Waals surface area contributed by atoms with E-state index in [0.29, 0.717) is 10.9 Å². The van der Waals surface area contributed by atoms with Gasteiger partial charge in [-0.15, -0.1) is 5.10 Å². The maximum atomic E-state index is 13.0. The van der Waals surface area contributed by atoms with Crippen LogP contribution in [0.1, 0.15) is 12.6 Å². The van der Waals surface area contributed by atoms with Gasteiger partial charge in [0.2, 0.25) is 11.1 Å². The zero-order chi connectivity index (χ0) is 22.0. The number of carbonyl (C=O) groups is 1. The van der Waals surface area contributed by atoms with Crippen molar-refractivity contribution in [3.05, 3.63) is 76.7 Å². The van der Waals surface area contributed by atoms with Gasteiger partial charge in [0.25, 0.3) is 5.56 Å². The largest absolute Gasteiger partial charge is 0.319 e. The van der Waals surface area contributed by atoms with Crippen molar-refractivity contribution < 1.29 is 4.79 Å². The molecule has 2 aromatic carbocycles. The van der Waals surface area contributed by atoms with E-state index >= 15 is 0 Å². The van der Waals surface area contributed by atoms with Gasteiger partial charge in [-0.05, 0) is 48.5 Å². The van der Waals surface area contributed by atoms with E-state index in [2.05, 4.69) is 20.8 Å². The van der Waals surface area contributed by atoms with Gasteiger partial charge in [-0.1, -0.05) is 48.2 Å². The molecule has 0 saturated heterocycles. The number of thioether (sulfide) groups is 1. The molecule has 1 amide bonds. The molecule has 2 heterocycles. The summed E-state index contributed by atoms with van der Waals surface area (Å²) in [6.07, 6.45) is 0. The van der Waals surface area contributed by atoms with Crippen molar-refractivity contribution in [3.8, 4) is 11.4 Å². The van der Waals surface area contributed by atoms with Crippen LogP contribution in [0.4, 0.5) is 5.69 Å². The number of tetrazole rings is 1. The molecule has 0 radical (unpaired) electrons. The van der Waals surface area contributed by atoms with E-state index in [9.17, 15) is 9.59 Å². The van der Waals surface area contributed by atoms with Crippen LogP contribution in [0.5, 0.6) is 0 Å². The normalized spacial score (nSPS) is 12.0. The lowest BCUT2D eigenvalue weighted by Crippen LogP contribution is -2.27. The van der Waals surface area contributed by atoms with Crippen LogP contribution in [0.2, 0.25) is 0 Å². The van der Waals surface area contributed by atoms with E-state index in [4.69, 9.17) is 0 Å². The van der Waals surface area contributed by atoms with Gasteiger partial charge >= 0.3 is 0 Å². The first-order chi connectivity index (χ1) is 15.0. The highest BCUT2D eigenvalue weighted by Crippen LogP contribution is 2.24. The Hall–Kier alpha value is -3.66. The number of rotatable bonds is 6. The third kappa shape index (κ3) is 4.02. The highest BCUT2D eigenvalue weighted by atomic mass is 32.2. The minimum Gasteiger partial charge on any atom is -0.319 e. The molecule has 0 aliphatic heterocycles. The Kier molecular flexibility index (Phi) is 5.72. The molecule has 2 aromatic heterocycles. The molecule has 9 nitrogen and oxygen atoms in total. The molecule has 0 saturated carbocycles. The van der Waals surface area contributed by atoms with Crippen molar-refractivity contribution in [2.45, 2.75) is 24.3 Å². The maximum absolute atomic E-state index is 13.0. The monoisotopic (exact) mass is 435 g/mol. The molecule has 31 heavy (non-hydrogen) atoms. The first-order valence-corrected chi connectivity index (χ1v) is 10.5. The van der Waals surface area contributed by atoms with Crippen LogP contribution < -0.4 is 10.9 Å². The van der Waals surface area contributed by atoms with Gasteiger partial charge in [-0.3, -0.25) is 14.3 Å². The molecule has 1 N–H and O–H groups in total. The SMILES string of the molecule is Cc1c(NC(=O)C(C)Sc2nnnn2-c2ccccc2)c(=O)n(-c2ccccc2)n1C. The van der Waals surface area contributed by atoms with Gasteiger partial charge in [0.1, 0.15) is 5.69 Å². The van der Waals surface area contributed by atoms with Crippen LogP contribution >= 0.6 is 11.8 Å². The Bertz CT molecular complexity index is 1260. The van der Waals surface area contributed by atoms with Gasteiger partial charge < -0.3 is 5.32 Å². The van der Waals surface area contributed by atoms with Gasteiger partial charge in [0.15, 0.2) is 0 Å². The van der Waals surface area contributed by atoms with E-state index in [0.717, 1.165) is 11.4 Å². The van der Waals surface area contributed by atoms with E-state index in [-0.39, 0.29) is 17.2 Å². The van der Waals surface area contributed by atoms with Crippen molar-refractivity contribution in [2.24, 2.45) is 7.05 Å². The van der Waals surface area contributed by atoms with E-state index in [1.165, 1.54) is 16.4 Å². The number of amides is 1. The van der Waals surface area contributed by atoms with Crippen LogP contribution in [0.3, 0.4) is 0 Å². The Balaban J connectivity index is 1.55. The predicted octanol–water partition coefficient (Wildman–Crippen LogP) is 2.58. The number of nitrogens with zero attached hydrogens (tertiary/aromatic N) is 6. The molecule has 0 fully saturated rings. The maximum Gasteiger partial charge on any atom is 0.295 e. The van der Waals surface area contributed by atoms with Gasteiger partial charge in [-0.25, -0.2) is 4.68 Å². The number of hydrogen-bond donors (Lipinski definition) is 1. The average molecular weight is 436 g/mol. The molecule has 4 rings (SSSR count). The highest BCUT2D eigenvalue weighted by Gasteiger charge is 2.23. The lowest BCUT2D eigenvalue weighted by Gasteiger charge is -2.11. The molecule has 0 aliphatic rings. The summed E-state index contributed by atoms with van der Waals surface area (Å²) in [5.74, 6) is -0.307. The van der Waals surface area contributed by atoms with Crippen LogP contribution in [0.25, 0.3) is 11.4 Å². The van der Waals surface area contributed by atoms with Crippen molar-refractivity contribution in [1.82, 2.24) is 29.6 Å². The number of anilines is 1. The predicted molar refractivity (Wildman–Crippen MR) is 119 cm³/mol. The van der Waals surface area contributed by atoms with Gasteiger partial charge in [0.05, 0.1) is 22.3 Å². The van der Waals surface area contributed by atoms with Crippen LogP contribution in [0.15, 0.2) is 70.6 Å². The third-order valence-corrected chi connectivity index (χ3v) is 5.93. The van der Waals surface area contributed by atoms with Crippen molar-refractivity contribution in [2.75, 3.05) is 5.32 Å². The van der Waals surface area contributed by atoms with E-state index in [1.807, 2.05) is 60.7 Å². The number of nitrogens with one attached hydrogen (secondary N) is 1. The Morgan fingerprint density at radius 2 is 1.65 bits per heavy atom. The highest BCUT2D eigenvalue weighted by molar-refractivity contribution is 8.00. The molecule has 4 aromatic rings. The quantitative estimate of drug-likeness (QED) is 0.467. The summed E-state index contributed by atoms with van der Waals surface area (Å²) < 4.78 is 4.82. The number of para-hydroxylation sites is 2. The molecule has 0 aliphatic carbocycles. The smallest absolute Gasteiger partial charge is 0.295 e. The zero-order valence-electron chi connectivity index (χ0n) is 17.3. The summed E-state index contributed by atoms with van der Waals surface area (Å²) >= 11 is 1.22. The summed E-state index contributed by atoms with van der Waals surface area (Å²) in [7, 11) is 1.78. The molecular weight excluding hydrogens is 414 g/mol. The molecule has 0 spiro atoms. The molecule has 1 unspecified atom stereocenters. The van der Waals surface area contributed by atoms with E-state index in [1.54, 1.807) is 30.3 Å². The van der Waals surface area contributed by atoms with Gasteiger partial charge in [0, 0.05) is 7.05 Å². The number of benzene rings is 2. The first-order valence-electron chi connectivity index (χ1n) is 9.62. The minimum absolute atomic E-state index is 0.256. The minimum atomic E-state index is -0.530. The molecule has 10 heteroatoms. The van der Waals surface area contributed by atoms with Crippen LogP contribution in [-0.2, 0) is 11.8 Å². The zero-order valence-corrected chi connectivity index (χ0v) is 18.1. The molecule has 1 atom stereocenters. The topological polar surface area (TPSA) is 99.6 Å². The number of hydrogen-bond acceptors (Lipinski definition) is 6. The fourth-order valence-electron chi connectivity index (χ4n) is 3.13. The molecule has 158 valence electrons. The second-order valence-corrected chi connectivity index (χ2v) is 8.20. The Morgan fingerprint density at radius 1 is 1.03 bits per heavy atom. The lowest BCUT2D eigenvalue weighted by molar-refractivity contribution is -0.115. The molecule has 0 bridgehead atoms. The Labute approximate surface area is 182 Å². The second kappa shape index (κ2) is 8.60. The van der Waals surface area contributed by atoms with Crippen LogP contribution in [0, 0.1) is 6.92 Å². The standard InChI is InChI=1S/C21H21N7O2S/c1-14-18(20(30)28(26(14)3)17-12-8-5-9-13-17)22-19(29)15(2)31-21-23-24-25-27(21)16-10-6-4-7-11-16/h4-13,15H,1-3H3,(H,22,29). The summed E-state index contributed by atoms with van der Waals surface area (Å²) in [6, 6.07) is 18.7. The van der Waals surface area contributed by atoms with Crippen molar-refractivity contribution >= 4 is 23.4 Å². The summed E-state index contributed by atoms with van der Waals surface area (Å²) in [6.45, 7) is 3.54.